The number of aliphatic carboxylic acids is 1. The average Bonchev–Trinajstić information content (AvgIpc) is 2.63. The van der Waals surface area contributed by atoms with Crippen molar-refractivity contribution in [3.63, 3.8) is 0 Å². The van der Waals surface area contributed by atoms with Gasteiger partial charge in [0.05, 0.1) is 12.6 Å². The lowest BCUT2D eigenvalue weighted by Crippen LogP contribution is -2.48. The highest BCUT2D eigenvalue weighted by Gasteiger charge is 2.46. The fourth-order valence-electron chi connectivity index (χ4n) is 2.77. The van der Waals surface area contributed by atoms with E-state index in [0.29, 0.717) is 11.3 Å². The fourth-order valence-corrected chi connectivity index (χ4v) is 2.77. The molecule has 0 aromatic heterocycles. The minimum Gasteiger partial charge on any atom is -0.508 e. The van der Waals surface area contributed by atoms with Gasteiger partial charge < -0.3 is 20.7 Å². The number of hydrogen-bond acceptors (Lipinski definition) is 6. The van der Waals surface area contributed by atoms with Crippen LogP contribution in [0, 0.1) is 5.41 Å². The SMILES string of the molecule is CCOC(=O)NC1=CCC(C(=O)O)(C(=O)[C@@H](N)Cc2ccc(O)cc2)C=C1. The summed E-state index contributed by atoms with van der Waals surface area (Å²) in [5, 5.41) is 21.4. The van der Waals surface area contributed by atoms with Crippen molar-refractivity contribution in [1.29, 1.82) is 0 Å². The second-order valence-corrected chi connectivity index (χ2v) is 6.16. The summed E-state index contributed by atoms with van der Waals surface area (Å²) in [7, 11) is 0. The zero-order chi connectivity index (χ0) is 20.0. The summed E-state index contributed by atoms with van der Waals surface area (Å²) in [4.78, 5) is 36.1. The zero-order valence-corrected chi connectivity index (χ0v) is 14.8. The molecule has 0 saturated carbocycles. The van der Waals surface area contributed by atoms with Crippen molar-refractivity contribution in [2.45, 2.75) is 25.8 Å². The maximum absolute atomic E-state index is 12.8. The summed E-state index contributed by atoms with van der Waals surface area (Å²) >= 11 is 0. The molecule has 5 N–H and O–H groups in total. The minimum absolute atomic E-state index is 0.0858. The average molecular weight is 374 g/mol. The van der Waals surface area contributed by atoms with Gasteiger partial charge in [-0.1, -0.05) is 24.3 Å². The molecule has 1 aromatic rings. The van der Waals surface area contributed by atoms with Crippen LogP contribution >= 0.6 is 0 Å². The lowest BCUT2D eigenvalue weighted by Gasteiger charge is -2.29. The number of nitrogens with one attached hydrogen (secondary N) is 1. The van der Waals surface area contributed by atoms with Crippen molar-refractivity contribution < 1.29 is 29.3 Å². The number of alkyl carbamates (subject to hydrolysis) is 1. The number of allylic oxidation sites excluding steroid dienone is 2. The third-order valence-corrected chi connectivity index (χ3v) is 4.26. The first-order chi connectivity index (χ1) is 12.8. The molecule has 144 valence electrons. The van der Waals surface area contributed by atoms with E-state index in [-0.39, 0.29) is 25.2 Å². The van der Waals surface area contributed by atoms with E-state index in [1.165, 1.54) is 30.4 Å². The number of amides is 1. The van der Waals surface area contributed by atoms with Crippen molar-refractivity contribution in [2.24, 2.45) is 11.1 Å². The van der Waals surface area contributed by atoms with Gasteiger partial charge in [-0.2, -0.15) is 0 Å². The predicted octanol–water partition coefficient (Wildman–Crippen LogP) is 1.49. The molecule has 1 amide bonds. The standard InChI is InChI=1S/C19H22N2O6/c1-2-27-18(26)21-13-7-9-19(10-8-13,17(24)25)16(23)15(20)11-12-3-5-14(22)6-4-12/h3-9,15,22H,2,10-11,20H2,1H3,(H,21,26)(H,24,25)/t15-,19?/m0/s1. The van der Waals surface area contributed by atoms with Crippen molar-refractivity contribution in [3.8, 4) is 5.75 Å². The number of benzene rings is 1. The Morgan fingerprint density at radius 1 is 1.30 bits per heavy atom. The Hall–Kier alpha value is -3.13. The molecule has 1 aliphatic carbocycles. The summed E-state index contributed by atoms with van der Waals surface area (Å²) in [6.45, 7) is 1.86. The van der Waals surface area contributed by atoms with Crippen molar-refractivity contribution in [1.82, 2.24) is 5.32 Å². The Bertz CT molecular complexity index is 784. The van der Waals surface area contributed by atoms with Gasteiger partial charge in [-0.05, 0) is 43.5 Å². The molecule has 1 aromatic carbocycles. The molecule has 0 aliphatic heterocycles. The van der Waals surface area contributed by atoms with E-state index in [2.05, 4.69) is 5.32 Å². The van der Waals surface area contributed by atoms with Crippen LogP contribution in [0.15, 0.2) is 48.2 Å². The molecule has 8 nitrogen and oxygen atoms in total. The maximum atomic E-state index is 12.8. The molecule has 27 heavy (non-hydrogen) atoms. The molecule has 1 aliphatic rings. The molecule has 0 fully saturated rings. The van der Waals surface area contributed by atoms with Crippen LogP contribution in [-0.4, -0.2) is 40.7 Å². The molecule has 1 unspecified atom stereocenters. The zero-order valence-electron chi connectivity index (χ0n) is 14.8. The van der Waals surface area contributed by atoms with Crippen LogP contribution < -0.4 is 11.1 Å². The van der Waals surface area contributed by atoms with Crippen molar-refractivity contribution in [2.75, 3.05) is 6.61 Å². The highest BCUT2D eigenvalue weighted by Crippen LogP contribution is 2.32. The molecular weight excluding hydrogens is 352 g/mol. The number of ether oxygens (including phenoxy) is 1. The fraction of sp³-hybridized carbons (Fsp3) is 0.316. The predicted molar refractivity (Wildman–Crippen MR) is 96.9 cm³/mol. The maximum Gasteiger partial charge on any atom is 0.411 e. The Balaban J connectivity index is 2.12. The van der Waals surface area contributed by atoms with Crippen LogP contribution in [0.5, 0.6) is 5.75 Å². The van der Waals surface area contributed by atoms with Gasteiger partial charge in [-0.25, -0.2) is 4.79 Å². The summed E-state index contributed by atoms with van der Waals surface area (Å²) in [5.74, 6) is -1.86. The molecule has 0 bridgehead atoms. The Labute approximate surface area is 156 Å². The van der Waals surface area contributed by atoms with E-state index in [9.17, 15) is 24.6 Å². The quantitative estimate of drug-likeness (QED) is 0.530. The van der Waals surface area contributed by atoms with E-state index in [4.69, 9.17) is 10.5 Å². The number of carbonyl (C=O) groups excluding carboxylic acids is 2. The number of hydrogen-bond donors (Lipinski definition) is 4. The second-order valence-electron chi connectivity index (χ2n) is 6.16. The molecule has 8 heteroatoms. The highest BCUT2D eigenvalue weighted by molar-refractivity contribution is 6.08. The number of rotatable bonds is 7. The van der Waals surface area contributed by atoms with Gasteiger partial charge in [-0.15, -0.1) is 0 Å². The van der Waals surface area contributed by atoms with E-state index in [0.717, 1.165) is 0 Å². The Morgan fingerprint density at radius 3 is 2.48 bits per heavy atom. The number of carbonyl (C=O) groups is 3. The van der Waals surface area contributed by atoms with Crippen LogP contribution in [0.2, 0.25) is 0 Å². The molecule has 2 rings (SSSR count). The Morgan fingerprint density at radius 2 is 1.96 bits per heavy atom. The van der Waals surface area contributed by atoms with Gasteiger partial charge in [0.25, 0.3) is 0 Å². The normalized spacial score (nSPS) is 19.7. The third-order valence-electron chi connectivity index (χ3n) is 4.26. The molecule has 2 atom stereocenters. The van der Waals surface area contributed by atoms with Gasteiger partial charge in [0.2, 0.25) is 0 Å². The van der Waals surface area contributed by atoms with Gasteiger partial charge in [0.1, 0.15) is 11.2 Å². The van der Waals surface area contributed by atoms with Gasteiger partial charge in [-0.3, -0.25) is 14.9 Å². The third kappa shape index (κ3) is 4.73. The first-order valence-electron chi connectivity index (χ1n) is 8.43. The molecule has 0 spiro atoms. The number of ketones is 1. The van der Waals surface area contributed by atoms with Crippen LogP contribution in [0.3, 0.4) is 0 Å². The van der Waals surface area contributed by atoms with Crippen LogP contribution in [0.1, 0.15) is 18.9 Å². The number of Topliss-reactive ketones (excluding diaryl/α,β-unsaturated/α-hetero) is 1. The minimum atomic E-state index is -1.80. The summed E-state index contributed by atoms with van der Waals surface area (Å²) < 4.78 is 4.76. The first kappa shape index (κ1) is 20.2. The first-order valence-corrected chi connectivity index (χ1v) is 8.43. The lowest BCUT2D eigenvalue weighted by molar-refractivity contribution is -0.152. The number of carboxylic acid groups (broad SMARTS) is 1. The highest BCUT2D eigenvalue weighted by atomic mass is 16.5. The Kier molecular flexibility index (Phi) is 6.36. The largest absolute Gasteiger partial charge is 0.508 e. The lowest BCUT2D eigenvalue weighted by atomic mass is 9.74. The summed E-state index contributed by atoms with van der Waals surface area (Å²) in [5.41, 5.74) is 5.24. The number of phenols is 1. The monoisotopic (exact) mass is 374 g/mol. The van der Waals surface area contributed by atoms with Crippen molar-refractivity contribution in [3.05, 3.63) is 53.8 Å². The van der Waals surface area contributed by atoms with Crippen LogP contribution in [0.4, 0.5) is 4.79 Å². The van der Waals surface area contributed by atoms with E-state index >= 15 is 0 Å². The molecule has 0 saturated heterocycles. The van der Waals surface area contributed by atoms with E-state index in [1.807, 2.05) is 0 Å². The molecular formula is C19H22N2O6. The molecule has 0 radical (unpaired) electrons. The van der Waals surface area contributed by atoms with Gasteiger partial charge in [0.15, 0.2) is 5.78 Å². The number of nitrogens with two attached hydrogens (primary N) is 1. The van der Waals surface area contributed by atoms with Gasteiger partial charge in [0, 0.05) is 5.70 Å². The van der Waals surface area contributed by atoms with E-state index < -0.39 is 29.3 Å². The number of aromatic hydroxyl groups is 1. The molecule has 0 heterocycles. The van der Waals surface area contributed by atoms with Crippen LogP contribution in [0.25, 0.3) is 0 Å². The van der Waals surface area contributed by atoms with Crippen LogP contribution in [-0.2, 0) is 20.7 Å². The van der Waals surface area contributed by atoms with Gasteiger partial charge >= 0.3 is 12.1 Å². The number of carboxylic acids is 1. The second kappa shape index (κ2) is 8.50. The smallest absolute Gasteiger partial charge is 0.411 e. The summed E-state index contributed by atoms with van der Waals surface area (Å²) in [6.07, 6.45) is 3.40. The van der Waals surface area contributed by atoms with Crippen molar-refractivity contribution >= 4 is 17.8 Å². The topological polar surface area (TPSA) is 139 Å². The number of phenolic OH excluding ortho intramolecular Hbond substituents is 1. The van der Waals surface area contributed by atoms with E-state index in [1.54, 1.807) is 19.1 Å². The summed E-state index contributed by atoms with van der Waals surface area (Å²) in [6, 6.07) is 5.14.